The summed E-state index contributed by atoms with van der Waals surface area (Å²) in [6.45, 7) is 4.42. The van der Waals surface area contributed by atoms with Gasteiger partial charge in [0, 0.05) is 5.56 Å². The van der Waals surface area contributed by atoms with E-state index in [9.17, 15) is 5.11 Å². The molecule has 0 fully saturated rings. The molecule has 0 saturated heterocycles. The number of para-hydroxylation sites is 1. The van der Waals surface area contributed by atoms with Crippen molar-refractivity contribution in [2.45, 2.75) is 26.1 Å². The zero-order chi connectivity index (χ0) is 14.1. The van der Waals surface area contributed by atoms with E-state index >= 15 is 0 Å². The summed E-state index contributed by atoms with van der Waals surface area (Å²) >= 11 is 0. The average Bonchev–Trinajstić information content (AvgIpc) is 2.47. The van der Waals surface area contributed by atoms with Gasteiger partial charge in [0.1, 0.15) is 24.2 Å². The molecule has 3 nitrogen and oxygen atoms in total. The van der Waals surface area contributed by atoms with Gasteiger partial charge in [-0.15, -0.1) is 0 Å². The Morgan fingerprint density at radius 2 is 1.90 bits per heavy atom. The molecule has 3 rings (SSSR count). The summed E-state index contributed by atoms with van der Waals surface area (Å²) in [6, 6.07) is 13.5. The lowest BCUT2D eigenvalue weighted by Crippen LogP contribution is -2.35. The topological polar surface area (TPSA) is 38.7 Å². The molecule has 104 valence electrons. The van der Waals surface area contributed by atoms with Crippen LogP contribution in [0.4, 0.5) is 0 Å². The van der Waals surface area contributed by atoms with Crippen molar-refractivity contribution in [2.24, 2.45) is 0 Å². The van der Waals surface area contributed by atoms with Crippen LogP contribution in [0.3, 0.4) is 0 Å². The maximum Gasteiger partial charge on any atom is 0.163 e. The second kappa shape index (κ2) is 5.17. The van der Waals surface area contributed by atoms with Crippen LogP contribution in [0.25, 0.3) is 0 Å². The number of hydrogen-bond acceptors (Lipinski definition) is 3. The number of fused-ring (bicyclic) bond motifs is 1. The molecular formula is C17H18O3. The molecule has 0 aliphatic carbocycles. The lowest BCUT2D eigenvalue weighted by Gasteiger charge is -2.31. The van der Waals surface area contributed by atoms with Crippen LogP contribution in [0.1, 0.15) is 22.8 Å². The normalized spacial score (nSPS) is 20.9. The van der Waals surface area contributed by atoms with Gasteiger partial charge in [0.15, 0.2) is 6.10 Å². The van der Waals surface area contributed by atoms with Gasteiger partial charge in [0.25, 0.3) is 0 Å². The van der Waals surface area contributed by atoms with Gasteiger partial charge in [-0.05, 0) is 37.1 Å². The molecule has 2 unspecified atom stereocenters. The molecule has 0 bridgehead atoms. The van der Waals surface area contributed by atoms with E-state index in [2.05, 4.69) is 0 Å². The fourth-order valence-electron chi connectivity index (χ4n) is 2.43. The molecule has 1 aliphatic rings. The third-order valence-corrected chi connectivity index (χ3v) is 3.83. The van der Waals surface area contributed by atoms with Crippen LogP contribution < -0.4 is 9.47 Å². The third-order valence-electron chi connectivity index (χ3n) is 3.83. The standard InChI is InChI=1S/C17H18O3/c1-11-6-5-9-14(12(11)2)20-16-10-19-15-8-4-3-7-13(15)17(16)18/h3-9,16-18H,10H2,1-2H3. The number of aliphatic hydroxyl groups is 1. The SMILES string of the molecule is Cc1cccc(OC2COc3ccccc3C2O)c1C. The first kappa shape index (κ1) is 13.0. The average molecular weight is 270 g/mol. The van der Waals surface area contributed by atoms with Crippen LogP contribution in [0, 0.1) is 13.8 Å². The molecule has 2 aromatic carbocycles. The lowest BCUT2D eigenvalue weighted by atomic mass is 10.0. The number of hydrogen-bond donors (Lipinski definition) is 1. The molecule has 0 radical (unpaired) electrons. The second-order valence-electron chi connectivity index (χ2n) is 5.15. The first-order valence-corrected chi connectivity index (χ1v) is 6.79. The van der Waals surface area contributed by atoms with Gasteiger partial charge in [0.2, 0.25) is 0 Å². The van der Waals surface area contributed by atoms with Crippen molar-refractivity contribution < 1.29 is 14.6 Å². The second-order valence-corrected chi connectivity index (χ2v) is 5.15. The minimum Gasteiger partial charge on any atom is -0.489 e. The van der Waals surface area contributed by atoms with Gasteiger partial charge >= 0.3 is 0 Å². The molecule has 0 amide bonds. The van der Waals surface area contributed by atoms with Crippen LogP contribution in [-0.2, 0) is 0 Å². The van der Waals surface area contributed by atoms with Gasteiger partial charge in [-0.2, -0.15) is 0 Å². The zero-order valence-corrected chi connectivity index (χ0v) is 11.7. The smallest absolute Gasteiger partial charge is 0.163 e. The van der Waals surface area contributed by atoms with E-state index in [0.717, 1.165) is 22.6 Å². The van der Waals surface area contributed by atoms with Crippen molar-refractivity contribution in [3.05, 3.63) is 59.2 Å². The van der Waals surface area contributed by atoms with Crippen molar-refractivity contribution in [3.8, 4) is 11.5 Å². The van der Waals surface area contributed by atoms with Gasteiger partial charge in [0.05, 0.1) is 0 Å². The Labute approximate surface area is 118 Å². The fourth-order valence-corrected chi connectivity index (χ4v) is 2.43. The Hall–Kier alpha value is -2.00. The van der Waals surface area contributed by atoms with E-state index in [1.165, 1.54) is 5.56 Å². The van der Waals surface area contributed by atoms with Gasteiger partial charge < -0.3 is 14.6 Å². The summed E-state index contributed by atoms with van der Waals surface area (Å²) in [4.78, 5) is 0. The number of aryl methyl sites for hydroxylation is 1. The van der Waals surface area contributed by atoms with Gasteiger partial charge in [-0.1, -0.05) is 30.3 Å². The summed E-state index contributed by atoms with van der Waals surface area (Å²) in [5.41, 5.74) is 3.06. The first-order valence-electron chi connectivity index (χ1n) is 6.79. The molecule has 3 heteroatoms. The van der Waals surface area contributed by atoms with Crippen LogP contribution in [0.5, 0.6) is 11.5 Å². The van der Waals surface area contributed by atoms with Crippen LogP contribution >= 0.6 is 0 Å². The summed E-state index contributed by atoms with van der Waals surface area (Å²) in [6.07, 6.45) is -1.05. The Morgan fingerprint density at radius 3 is 2.75 bits per heavy atom. The number of aliphatic hydroxyl groups excluding tert-OH is 1. The van der Waals surface area contributed by atoms with Crippen molar-refractivity contribution in [1.82, 2.24) is 0 Å². The molecule has 2 atom stereocenters. The maximum atomic E-state index is 10.4. The van der Waals surface area contributed by atoms with E-state index < -0.39 is 6.10 Å². The van der Waals surface area contributed by atoms with E-state index in [-0.39, 0.29) is 6.10 Å². The van der Waals surface area contributed by atoms with E-state index in [4.69, 9.17) is 9.47 Å². The number of ether oxygens (including phenoxy) is 2. The predicted octanol–water partition coefficient (Wildman–Crippen LogP) is 3.18. The monoisotopic (exact) mass is 270 g/mol. The Morgan fingerprint density at radius 1 is 1.10 bits per heavy atom. The molecule has 1 heterocycles. The predicted molar refractivity (Wildman–Crippen MR) is 77.2 cm³/mol. The van der Waals surface area contributed by atoms with Crippen molar-refractivity contribution in [1.29, 1.82) is 0 Å². The molecule has 1 aliphatic heterocycles. The summed E-state index contributed by atoms with van der Waals surface area (Å²) < 4.78 is 11.6. The van der Waals surface area contributed by atoms with Crippen molar-refractivity contribution in [3.63, 3.8) is 0 Å². The number of benzene rings is 2. The number of rotatable bonds is 2. The molecule has 1 N–H and O–H groups in total. The Balaban J connectivity index is 1.85. The molecule has 20 heavy (non-hydrogen) atoms. The zero-order valence-electron chi connectivity index (χ0n) is 11.7. The lowest BCUT2D eigenvalue weighted by molar-refractivity contribution is -0.0106. The highest BCUT2D eigenvalue weighted by Gasteiger charge is 2.31. The van der Waals surface area contributed by atoms with E-state index in [1.54, 1.807) is 0 Å². The first-order chi connectivity index (χ1) is 9.66. The summed E-state index contributed by atoms with van der Waals surface area (Å²) in [5, 5.41) is 10.4. The summed E-state index contributed by atoms with van der Waals surface area (Å²) in [5.74, 6) is 1.54. The largest absolute Gasteiger partial charge is 0.489 e. The highest BCUT2D eigenvalue weighted by atomic mass is 16.5. The van der Waals surface area contributed by atoms with Crippen molar-refractivity contribution in [2.75, 3.05) is 6.61 Å². The quantitative estimate of drug-likeness (QED) is 0.911. The molecule has 0 saturated carbocycles. The van der Waals surface area contributed by atoms with Crippen LogP contribution in [-0.4, -0.2) is 17.8 Å². The molecular weight excluding hydrogens is 252 g/mol. The van der Waals surface area contributed by atoms with Gasteiger partial charge in [-0.3, -0.25) is 0 Å². The highest BCUT2D eigenvalue weighted by molar-refractivity contribution is 5.40. The Kier molecular flexibility index (Phi) is 3.36. The molecule has 0 spiro atoms. The Bertz CT molecular complexity index is 621. The van der Waals surface area contributed by atoms with Crippen LogP contribution in [0.2, 0.25) is 0 Å². The molecule has 0 aromatic heterocycles. The van der Waals surface area contributed by atoms with Crippen molar-refractivity contribution >= 4 is 0 Å². The molecule has 2 aromatic rings. The summed E-state index contributed by atoms with van der Waals surface area (Å²) in [7, 11) is 0. The van der Waals surface area contributed by atoms with Crippen LogP contribution in [0.15, 0.2) is 42.5 Å². The highest BCUT2D eigenvalue weighted by Crippen LogP contribution is 2.34. The van der Waals surface area contributed by atoms with E-state index in [1.807, 2.05) is 56.3 Å². The maximum absolute atomic E-state index is 10.4. The third kappa shape index (κ3) is 2.25. The fraction of sp³-hybridized carbons (Fsp3) is 0.294. The van der Waals surface area contributed by atoms with E-state index in [0.29, 0.717) is 6.61 Å². The van der Waals surface area contributed by atoms with Gasteiger partial charge in [-0.25, -0.2) is 0 Å². The minimum absolute atomic E-state index is 0.353. The minimum atomic E-state index is -0.667.